The lowest BCUT2D eigenvalue weighted by Crippen LogP contribution is -2.21. The lowest BCUT2D eigenvalue weighted by atomic mass is 10.1. The molecule has 0 fully saturated rings. The highest BCUT2D eigenvalue weighted by atomic mass is 35.5. The molecule has 2 heterocycles. The van der Waals surface area contributed by atoms with Gasteiger partial charge in [0.1, 0.15) is 11.4 Å². The summed E-state index contributed by atoms with van der Waals surface area (Å²) in [7, 11) is 1.54. The SMILES string of the molecule is COc1cccc(-c2c(C(=O)N/N=C(\C)c3ccccc3Cl)nnn2-c2nonc2N)c1. The van der Waals surface area contributed by atoms with Crippen molar-refractivity contribution in [2.75, 3.05) is 12.8 Å². The third-order valence-corrected chi connectivity index (χ3v) is 4.84. The Kier molecular flexibility index (Phi) is 5.81. The van der Waals surface area contributed by atoms with Crippen LogP contribution in [0.3, 0.4) is 0 Å². The van der Waals surface area contributed by atoms with E-state index in [9.17, 15) is 4.79 Å². The van der Waals surface area contributed by atoms with Crippen LogP contribution in [0.2, 0.25) is 5.02 Å². The molecular formula is C20H17ClN8O3. The summed E-state index contributed by atoms with van der Waals surface area (Å²) in [4.78, 5) is 13.0. The number of aromatic nitrogens is 5. The number of nitrogens with one attached hydrogen (secondary N) is 1. The Morgan fingerprint density at radius 2 is 2.03 bits per heavy atom. The molecule has 0 atom stereocenters. The minimum Gasteiger partial charge on any atom is -0.497 e. The first-order valence-electron chi connectivity index (χ1n) is 9.27. The quantitative estimate of drug-likeness (QED) is 0.335. The van der Waals surface area contributed by atoms with Crippen LogP contribution < -0.4 is 15.9 Å². The number of benzene rings is 2. The van der Waals surface area contributed by atoms with E-state index in [2.05, 4.69) is 35.8 Å². The zero-order valence-corrected chi connectivity index (χ0v) is 17.7. The Hall–Kier alpha value is -4.25. The summed E-state index contributed by atoms with van der Waals surface area (Å²) in [5.41, 5.74) is 10.4. The van der Waals surface area contributed by atoms with Crippen LogP contribution in [-0.2, 0) is 0 Å². The van der Waals surface area contributed by atoms with Crippen molar-refractivity contribution < 1.29 is 14.2 Å². The number of nitrogens with zero attached hydrogens (tertiary/aromatic N) is 6. The molecule has 0 radical (unpaired) electrons. The van der Waals surface area contributed by atoms with E-state index in [-0.39, 0.29) is 17.3 Å². The standard InChI is InChI=1S/C20H17ClN8O3/c1-11(14-8-3-4-9-15(14)21)23-25-20(30)16-17(12-6-5-7-13(10-12)31-2)29(28-24-16)19-18(22)26-32-27-19/h3-10H,1-2H3,(H2,22,26)(H,25,30)/b23-11+. The van der Waals surface area contributed by atoms with Gasteiger partial charge in [-0.2, -0.15) is 9.78 Å². The van der Waals surface area contributed by atoms with Crippen molar-refractivity contribution in [3.05, 3.63) is 64.8 Å². The minimum atomic E-state index is -0.601. The maximum atomic E-state index is 13.0. The van der Waals surface area contributed by atoms with Crippen LogP contribution in [0.1, 0.15) is 23.0 Å². The van der Waals surface area contributed by atoms with Gasteiger partial charge < -0.3 is 10.5 Å². The number of rotatable bonds is 6. The fourth-order valence-corrected chi connectivity index (χ4v) is 3.23. The molecule has 4 aromatic rings. The van der Waals surface area contributed by atoms with E-state index in [0.29, 0.717) is 33.3 Å². The molecule has 1 amide bonds. The molecule has 11 nitrogen and oxygen atoms in total. The summed E-state index contributed by atoms with van der Waals surface area (Å²) in [6.45, 7) is 1.73. The summed E-state index contributed by atoms with van der Waals surface area (Å²) in [5.74, 6) is 0.0413. The molecule has 0 saturated heterocycles. The fourth-order valence-electron chi connectivity index (χ4n) is 2.95. The summed E-state index contributed by atoms with van der Waals surface area (Å²) >= 11 is 6.20. The Morgan fingerprint density at radius 1 is 1.22 bits per heavy atom. The predicted octanol–water partition coefficient (Wildman–Crippen LogP) is 2.72. The largest absolute Gasteiger partial charge is 0.497 e. The number of hydrogen-bond donors (Lipinski definition) is 2. The molecular weight excluding hydrogens is 436 g/mol. The highest BCUT2D eigenvalue weighted by molar-refractivity contribution is 6.34. The van der Waals surface area contributed by atoms with Gasteiger partial charge in [0, 0.05) is 16.1 Å². The van der Waals surface area contributed by atoms with Crippen LogP contribution in [0, 0.1) is 0 Å². The first kappa shape index (κ1) is 21.0. The van der Waals surface area contributed by atoms with Gasteiger partial charge in [-0.05, 0) is 35.4 Å². The topological polar surface area (TPSA) is 146 Å². The van der Waals surface area contributed by atoms with Crippen LogP contribution >= 0.6 is 11.6 Å². The number of ether oxygens (including phenoxy) is 1. The molecule has 3 N–H and O–H groups in total. The monoisotopic (exact) mass is 452 g/mol. The van der Waals surface area contributed by atoms with Gasteiger partial charge in [-0.3, -0.25) is 4.79 Å². The molecule has 0 spiro atoms. The molecule has 0 saturated carbocycles. The van der Waals surface area contributed by atoms with Crippen molar-refractivity contribution in [1.29, 1.82) is 0 Å². The Labute approximate surface area is 186 Å². The van der Waals surface area contributed by atoms with E-state index >= 15 is 0 Å². The molecule has 2 aromatic carbocycles. The average molecular weight is 453 g/mol. The number of methoxy groups -OCH3 is 1. The van der Waals surface area contributed by atoms with E-state index in [1.165, 1.54) is 11.8 Å². The van der Waals surface area contributed by atoms with Crippen LogP contribution in [0.25, 0.3) is 17.1 Å². The third-order valence-electron chi connectivity index (χ3n) is 4.51. The Bertz CT molecular complexity index is 1310. The van der Waals surface area contributed by atoms with E-state index in [1.54, 1.807) is 49.4 Å². The fraction of sp³-hybridized carbons (Fsp3) is 0.100. The van der Waals surface area contributed by atoms with Crippen molar-refractivity contribution in [2.45, 2.75) is 6.92 Å². The smallest absolute Gasteiger partial charge is 0.294 e. The molecule has 0 aliphatic heterocycles. The summed E-state index contributed by atoms with van der Waals surface area (Å²) in [6, 6.07) is 14.2. The highest BCUT2D eigenvalue weighted by Gasteiger charge is 2.25. The van der Waals surface area contributed by atoms with Gasteiger partial charge >= 0.3 is 0 Å². The zero-order valence-electron chi connectivity index (χ0n) is 17.0. The van der Waals surface area contributed by atoms with Crippen molar-refractivity contribution >= 4 is 29.0 Å². The van der Waals surface area contributed by atoms with E-state index < -0.39 is 5.91 Å². The maximum Gasteiger partial charge on any atom is 0.294 e. The molecule has 2 aromatic heterocycles. The molecule has 12 heteroatoms. The molecule has 0 unspecified atom stereocenters. The number of halogens is 1. The first-order chi connectivity index (χ1) is 15.5. The molecule has 4 rings (SSSR count). The van der Waals surface area contributed by atoms with Gasteiger partial charge in [-0.25, -0.2) is 10.1 Å². The summed E-state index contributed by atoms with van der Waals surface area (Å²) in [5, 5.41) is 20.0. The number of hydrazone groups is 1. The van der Waals surface area contributed by atoms with Crippen LogP contribution in [0.4, 0.5) is 5.82 Å². The van der Waals surface area contributed by atoms with Gasteiger partial charge in [0.2, 0.25) is 11.6 Å². The van der Waals surface area contributed by atoms with Crippen molar-refractivity contribution in [2.24, 2.45) is 5.10 Å². The first-order valence-corrected chi connectivity index (χ1v) is 9.65. The number of hydrogen-bond acceptors (Lipinski definition) is 9. The van der Waals surface area contributed by atoms with Crippen LogP contribution in [0.15, 0.2) is 58.3 Å². The van der Waals surface area contributed by atoms with E-state index in [4.69, 9.17) is 22.1 Å². The second-order valence-corrected chi connectivity index (χ2v) is 6.93. The second-order valence-electron chi connectivity index (χ2n) is 6.52. The van der Waals surface area contributed by atoms with Crippen molar-refractivity contribution in [3.63, 3.8) is 0 Å². The molecule has 162 valence electrons. The van der Waals surface area contributed by atoms with Crippen molar-refractivity contribution in [1.82, 2.24) is 30.7 Å². The van der Waals surface area contributed by atoms with Crippen LogP contribution in [-0.4, -0.2) is 44.0 Å². The molecule has 0 aliphatic rings. The molecule has 32 heavy (non-hydrogen) atoms. The molecule has 0 bridgehead atoms. The average Bonchev–Trinajstić information content (AvgIpc) is 3.43. The summed E-state index contributed by atoms with van der Waals surface area (Å²) in [6.07, 6.45) is 0. The number of amides is 1. The van der Waals surface area contributed by atoms with Crippen molar-refractivity contribution in [3.8, 4) is 22.8 Å². The lowest BCUT2D eigenvalue weighted by molar-refractivity contribution is 0.0950. The van der Waals surface area contributed by atoms with Gasteiger partial charge in [0.15, 0.2) is 5.69 Å². The van der Waals surface area contributed by atoms with E-state index in [1.807, 2.05) is 6.07 Å². The Morgan fingerprint density at radius 3 is 2.75 bits per heavy atom. The third kappa shape index (κ3) is 4.01. The highest BCUT2D eigenvalue weighted by Crippen LogP contribution is 2.29. The number of nitrogens with two attached hydrogens (primary N) is 1. The maximum absolute atomic E-state index is 13.0. The van der Waals surface area contributed by atoms with Gasteiger partial charge in [0.25, 0.3) is 5.91 Å². The second kappa shape index (κ2) is 8.86. The lowest BCUT2D eigenvalue weighted by Gasteiger charge is -2.08. The van der Waals surface area contributed by atoms with Gasteiger partial charge in [-0.1, -0.05) is 47.1 Å². The van der Waals surface area contributed by atoms with E-state index in [0.717, 1.165) is 0 Å². The van der Waals surface area contributed by atoms with Gasteiger partial charge in [0.05, 0.1) is 12.8 Å². The minimum absolute atomic E-state index is 0.0152. The number of nitrogen functional groups attached to an aromatic ring is 1. The van der Waals surface area contributed by atoms with Gasteiger partial charge in [-0.15, -0.1) is 5.10 Å². The van der Waals surface area contributed by atoms with Crippen LogP contribution in [0.5, 0.6) is 5.75 Å². The zero-order chi connectivity index (χ0) is 22.7. The Balaban J connectivity index is 1.75. The number of carbonyl (C=O) groups is 1. The summed E-state index contributed by atoms with van der Waals surface area (Å²) < 4.78 is 11.2. The normalized spacial score (nSPS) is 11.4. The predicted molar refractivity (Wildman–Crippen MR) is 117 cm³/mol. The molecule has 0 aliphatic carbocycles. The number of anilines is 1. The number of carbonyl (C=O) groups excluding carboxylic acids is 1.